The predicted octanol–water partition coefficient (Wildman–Crippen LogP) is 16.7. The van der Waals surface area contributed by atoms with Crippen LogP contribution in [0.25, 0.3) is 0 Å². The minimum atomic E-state index is -0.659. The van der Waals surface area contributed by atoms with E-state index >= 15 is 0 Å². The smallest absolute Gasteiger partial charge is 0.303 e. The summed E-state index contributed by atoms with van der Waals surface area (Å²) >= 11 is 0. The number of carboxylic acids is 1. The predicted molar refractivity (Wildman–Crippen MR) is 209 cm³/mol. The Hall–Kier alpha value is -0.530. The van der Waals surface area contributed by atoms with Crippen LogP contribution in [0.5, 0.6) is 0 Å². The number of aliphatic carboxylic acids is 1. The maximum Gasteiger partial charge on any atom is 0.303 e. The first-order chi connectivity index (χ1) is 22.7. The Morgan fingerprint density at radius 3 is 0.522 bits per heavy atom. The van der Waals surface area contributed by atoms with Crippen molar-refractivity contribution in [3.8, 4) is 0 Å². The summed E-state index contributed by atoms with van der Waals surface area (Å²) in [6.07, 6.45) is 55.9. The topological polar surface area (TPSA) is 37.3 Å². The first-order valence-corrected chi connectivity index (χ1v) is 21.9. The summed E-state index contributed by atoms with van der Waals surface area (Å²) in [5, 5.41) is 8.41. The molecule has 0 spiro atoms. The molecule has 0 saturated carbocycles. The minimum absolute atomic E-state index is 0.343. The molecular formula is C44H90O2. The lowest BCUT2D eigenvalue weighted by Crippen LogP contribution is -1.93. The summed E-state index contributed by atoms with van der Waals surface area (Å²) < 4.78 is 0. The largest absolute Gasteiger partial charge is 0.481 e. The van der Waals surface area contributed by atoms with Gasteiger partial charge < -0.3 is 5.11 Å². The van der Waals surface area contributed by atoms with Gasteiger partial charge in [-0.05, 0) is 6.42 Å². The zero-order chi connectivity index (χ0) is 33.9. The molecule has 0 rings (SSSR count). The molecule has 1 N–H and O–H groups in total. The SMILES string of the molecule is CCCCCCCCCCCC(=O)O.CCCCCCCCCCCCCCCCCCCCCCCCCCCCCCCC. The van der Waals surface area contributed by atoms with E-state index in [-0.39, 0.29) is 0 Å². The van der Waals surface area contributed by atoms with E-state index in [0.29, 0.717) is 6.42 Å². The highest BCUT2D eigenvalue weighted by molar-refractivity contribution is 5.66. The molecule has 0 aromatic carbocycles. The Kier molecular flexibility index (Phi) is 48.2. The molecule has 0 heterocycles. The maximum absolute atomic E-state index is 10.2. The fourth-order valence-electron chi connectivity index (χ4n) is 6.68. The van der Waals surface area contributed by atoms with Crippen molar-refractivity contribution in [1.29, 1.82) is 0 Å². The van der Waals surface area contributed by atoms with Crippen LogP contribution in [-0.4, -0.2) is 11.1 Å². The molecule has 2 heteroatoms. The van der Waals surface area contributed by atoms with E-state index in [1.165, 1.54) is 238 Å². The summed E-state index contributed by atoms with van der Waals surface area (Å²) in [5.41, 5.74) is 0. The lowest BCUT2D eigenvalue weighted by atomic mass is 10.0. The molecule has 0 atom stereocenters. The lowest BCUT2D eigenvalue weighted by Gasteiger charge is -2.04. The van der Waals surface area contributed by atoms with Crippen LogP contribution in [-0.2, 0) is 4.79 Å². The number of hydrogen-bond donors (Lipinski definition) is 1. The fraction of sp³-hybridized carbons (Fsp3) is 0.977. The summed E-state index contributed by atoms with van der Waals surface area (Å²) in [6.45, 7) is 6.84. The van der Waals surface area contributed by atoms with Gasteiger partial charge in [0.05, 0.1) is 0 Å². The monoisotopic (exact) mass is 651 g/mol. The number of rotatable bonds is 39. The van der Waals surface area contributed by atoms with Gasteiger partial charge in [0.1, 0.15) is 0 Å². The molecule has 2 nitrogen and oxygen atoms in total. The molecule has 0 bridgehead atoms. The van der Waals surface area contributed by atoms with Crippen LogP contribution in [0.4, 0.5) is 0 Å². The molecule has 0 fully saturated rings. The second kappa shape index (κ2) is 46.6. The molecule has 0 aliphatic rings. The average molecular weight is 651 g/mol. The molecule has 46 heavy (non-hydrogen) atoms. The Morgan fingerprint density at radius 1 is 0.261 bits per heavy atom. The molecule has 0 aromatic heterocycles. The van der Waals surface area contributed by atoms with Crippen molar-refractivity contribution in [2.45, 2.75) is 278 Å². The number of carbonyl (C=O) groups is 1. The zero-order valence-electron chi connectivity index (χ0n) is 32.6. The van der Waals surface area contributed by atoms with Gasteiger partial charge in [-0.25, -0.2) is 0 Å². The third-order valence-electron chi connectivity index (χ3n) is 9.95. The minimum Gasteiger partial charge on any atom is -0.481 e. The van der Waals surface area contributed by atoms with Gasteiger partial charge in [-0.15, -0.1) is 0 Å². The Balaban J connectivity index is 0. The van der Waals surface area contributed by atoms with E-state index in [2.05, 4.69) is 20.8 Å². The fourth-order valence-corrected chi connectivity index (χ4v) is 6.68. The molecule has 0 aliphatic heterocycles. The molecule has 278 valence electrons. The van der Waals surface area contributed by atoms with E-state index in [0.717, 1.165) is 12.8 Å². The van der Waals surface area contributed by atoms with E-state index in [9.17, 15) is 4.79 Å². The maximum atomic E-state index is 10.2. The summed E-state index contributed by atoms with van der Waals surface area (Å²) in [5.74, 6) is -0.659. The van der Waals surface area contributed by atoms with E-state index < -0.39 is 5.97 Å². The highest BCUT2D eigenvalue weighted by atomic mass is 16.4. The molecule has 0 saturated heterocycles. The van der Waals surface area contributed by atoms with Gasteiger partial charge in [0.2, 0.25) is 0 Å². The first kappa shape index (κ1) is 47.6. The van der Waals surface area contributed by atoms with Gasteiger partial charge in [0.25, 0.3) is 0 Å². The van der Waals surface area contributed by atoms with Crippen molar-refractivity contribution in [1.82, 2.24) is 0 Å². The number of hydrogen-bond acceptors (Lipinski definition) is 1. The number of unbranched alkanes of at least 4 members (excludes halogenated alkanes) is 37. The van der Waals surface area contributed by atoms with Crippen LogP contribution >= 0.6 is 0 Å². The van der Waals surface area contributed by atoms with Gasteiger partial charge in [-0.3, -0.25) is 4.79 Å². The highest BCUT2D eigenvalue weighted by Gasteiger charge is 1.98. The molecule has 0 radical (unpaired) electrons. The summed E-state index contributed by atoms with van der Waals surface area (Å²) in [7, 11) is 0. The first-order valence-electron chi connectivity index (χ1n) is 21.9. The van der Waals surface area contributed by atoms with Crippen molar-refractivity contribution in [2.24, 2.45) is 0 Å². The molecule has 0 aromatic rings. The summed E-state index contributed by atoms with van der Waals surface area (Å²) in [6, 6.07) is 0. The highest BCUT2D eigenvalue weighted by Crippen LogP contribution is 2.16. The van der Waals surface area contributed by atoms with Crippen molar-refractivity contribution in [2.75, 3.05) is 0 Å². The van der Waals surface area contributed by atoms with Crippen LogP contribution in [0.2, 0.25) is 0 Å². The molecule has 0 aliphatic carbocycles. The van der Waals surface area contributed by atoms with Gasteiger partial charge in [-0.1, -0.05) is 265 Å². The molecule has 0 unspecified atom stereocenters. The molecular weight excluding hydrogens is 560 g/mol. The van der Waals surface area contributed by atoms with Gasteiger partial charge >= 0.3 is 5.97 Å². The van der Waals surface area contributed by atoms with Gasteiger partial charge in [0, 0.05) is 6.42 Å². The normalized spacial score (nSPS) is 11.1. The molecule has 0 amide bonds. The number of carboxylic acid groups (broad SMARTS) is 1. The Bertz CT molecular complexity index is 486. The van der Waals surface area contributed by atoms with Crippen molar-refractivity contribution >= 4 is 5.97 Å². The van der Waals surface area contributed by atoms with Gasteiger partial charge in [-0.2, -0.15) is 0 Å². The van der Waals surface area contributed by atoms with E-state index in [4.69, 9.17) is 5.11 Å². The van der Waals surface area contributed by atoms with Crippen LogP contribution in [0, 0.1) is 0 Å². The standard InChI is InChI=1S/C32H66.C12H24O2/c1-3-5-7-9-11-13-15-17-19-21-23-25-27-29-31-32-30-28-26-24-22-20-18-16-14-12-10-8-6-4-2;1-2-3-4-5-6-7-8-9-10-11-12(13)14/h3-32H2,1-2H3;2-11H2,1H3,(H,13,14). The van der Waals surface area contributed by atoms with E-state index in [1.54, 1.807) is 0 Å². The van der Waals surface area contributed by atoms with E-state index in [1.807, 2.05) is 0 Å². The van der Waals surface area contributed by atoms with Crippen LogP contribution < -0.4 is 0 Å². The average Bonchev–Trinajstić information content (AvgIpc) is 3.05. The van der Waals surface area contributed by atoms with Crippen LogP contribution in [0.15, 0.2) is 0 Å². The second-order valence-corrected chi connectivity index (χ2v) is 14.9. The quantitative estimate of drug-likeness (QED) is 0.0672. The lowest BCUT2D eigenvalue weighted by molar-refractivity contribution is -0.137. The third kappa shape index (κ3) is 50.3. The van der Waals surface area contributed by atoms with Crippen molar-refractivity contribution in [3.63, 3.8) is 0 Å². The van der Waals surface area contributed by atoms with Crippen molar-refractivity contribution < 1.29 is 9.90 Å². The summed E-state index contributed by atoms with van der Waals surface area (Å²) in [4.78, 5) is 10.2. The Morgan fingerprint density at radius 2 is 0.391 bits per heavy atom. The zero-order valence-corrected chi connectivity index (χ0v) is 32.6. The van der Waals surface area contributed by atoms with Crippen LogP contribution in [0.1, 0.15) is 278 Å². The second-order valence-electron chi connectivity index (χ2n) is 14.9. The third-order valence-corrected chi connectivity index (χ3v) is 9.95. The van der Waals surface area contributed by atoms with Crippen LogP contribution in [0.3, 0.4) is 0 Å². The Labute approximate surface area is 292 Å². The van der Waals surface area contributed by atoms with Gasteiger partial charge in [0.15, 0.2) is 0 Å². The van der Waals surface area contributed by atoms with Crippen molar-refractivity contribution in [3.05, 3.63) is 0 Å².